The number of carbonyl (C=O) groups is 2. The summed E-state index contributed by atoms with van der Waals surface area (Å²) < 4.78 is 3.17. The van der Waals surface area contributed by atoms with Crippen molar-refractivity contribution in [3.63, 3.8) is 0 Å². The molecule has 0 radical (unpaired) electrons. The van der Waals surface area contributed by atoms with Gasteiger partial charge in [-0.3, -0.25) is 23.6 Å². The number of halogens is 1. The number of amides is 1. The fraction of sp³-hybridized carbons (Fsp3) is 0.355. The molecule has 8 heteroatoms. The van der Waals surface area contributed by atoms with Gasteiger partial charge in [-0.25, -0.2) is 0 Å². The van der Waals surface area contributed by atoms with E-state index in [0.29, 0.717) is 38.4 Å². The molecule has 0 spiro atoms. The molecule has 39 heavy (non-hydrogen) atoms. The van der Waals surface area contributed by atoms with Gasteiger partial charge < -0.3 is 5.32 Å². The van der Waals surface area contributed by atoms with Gasteiger partial charge in [-0.05, 0) is 76.8 Å². The fourth-order valence-corrected chi connectivity index (χ4v) is 4.84. The summed E-state index contributed by atoms with van der Waals surface area (Å²) >= 11 is 6.36. The van der Waals surface area contributed by atoms with Crippen molar-refractivity contribution in [2.45, 2.75) is 72.5 Å². The van der Waals surface area contributed by atoms with Gasteiger partial charge in [-0.2, -0.15) is 5.10 Å². The van der Waals surface area contributed by atoms with Crippen LogP contribution in [-0.4, -0.2) is 31.6 Å². The predicted molar refractivity (Wildman–Crippen MR) is 157 cm³/mol. The maximum Gasteiger partial charge on any atom is 0.269 e. The van der Waals surface area contributed by atoms with Gasteiger partial charge in [0, 0.05) is 27.9 Å². The van der Waals surface area contributed by atoms with Crippen LogP contribution in [0.15, 0.2) is 59.4 Å². The Morgan fingerprint density at radius 2 is 1.62 bits per heavy atom. The van der Waals surface area contributed by atoms with E-state index in [-0.39, 0.29) is 30.2 Å². The second kappa shape index (κ2) is 10.5. The molecular weight excluding hydrogens is 512 g/mol. The molecule has 1 N–H and O–H groups in total. The zero-order chi connectivity index (χ0) is 28.7. The molecular formula is C31H35ClN4O3. The van der Waals surface area contributed by atoms with Crippen molar-refractivity contribution in [2.24, 2.45) is 0 Å². The van der Waals surface area contributed by atoms with E-state index in [1.807, 2.05) is 71.9 Å². The van der Waals surface area contributed by atoms with Crippen molar-refractivity contribution in [1.29, 1.82) is 0 Å². The third kappa shape index (κ3) is 5.83. The van der Waals surface area contributed by atoms with E-state index in [9.17, 15) is 14.4 Å². The van der Waals surface area contributed by atoms with E-state index < -0.39 is 11.1 Å². The molecule has 4 aromatic rings. The van der Waals surface area contributed by atoms with Crippen molar-refractivity contribution < 1.29 is 9.59 Å². The first-order valence-electron chi connectivity index (χ1n) is 13.1. The van der Waals surface area contributed by atoms with Gasteiger partial charge in [-0.1, -0.05) is 48.9 Å². The number of aromatic nitrogens is 3. The summed E-state index contributed by atoms with van der Waals surface area (Å²) in [6.07, 6.45) is 0.209. The number of hydrogen-bond acceptors (Lipinski definition) is 4. The Balaban J connectivity index is 2.00. The van der Waals surface area contributed by atoms with Crippen molar-refractivity contribution in [1.82, 2.24) is 19.7 Å². The van der Waals surface area contributed by atoms with Crippen LogP contribution in [0.3, 0.4) is 0 Å². The van der Waals surface area contributed by atoms with Gasteiger partial charge in [0.25, 0.3) is 11.5 Å². The standard InChI is InChI=1S/C31H35ClN4O3/c1-8-25(37)27-26(19-12-10-9-11-13-19)23-16-20(32)14-15-22(23)29(39)35(27)18-21-17-24(28(38)33-30(2,3)4)36(34-21)31(5,6)7/h9-17H,8,18H2,1-7H3,(H,33,38). The first-order chi connectivity index (χ1) is 18.2. The quantitative estimate of drug-likeness (QED) is 0.282. The van der Waals surface area contributed by atoms with E-state index in [1.165, 1.54) is 4.57 Å². The molecule has 204 valence electrons. The minimum Gasteiger partial charge on any atom is -0.346 e. The molecule has 2 heterocycles. The van der Waals surface area contributed by atoms with Crippen LogP contribution >= 0.6 is 11.6 Å². The molecule has 0 atom stereocenters. The summed E-state index contributed by atoms with van der Waals surface area (Å²) in [5.41, 5.74) is 1.40. The van der Waals surface area contributed by atoms with Crippen LogP contribution in [0.25, 0.3) is 21.9 Å². The number of ketones is 1. The van der Waals surface area contributed by atoms with Gasteiger partial charge >= 0.3 is 0 Å². The summed E-state index contributed by atoms with van der Waals surface area (Å²) in [7, 11) is 0. The average Bonchev–Trinajstić information content (AvgIpc) is 3.29. The van der Waals surface area contributed by atoms with E-state index in [0.717, 1.165) is 5.56 Å². The van der Waals surface area contributed by atoms with E-state index >= 15 is 0 Å². The Labute approximate surface area is 233 Å². The molecule has 0 aliphatic heterocycles. The monoisotopic (exact) mass is 546 g/mol. The molecule has 0 unspecified atom stereocenters. The second-order valence-electron chi connectivity index (χ2n) is 11.8. The maximum atomic E-state index is 13.9. The molecule has 0 fully saturated rings. The molecule has 0 bridgehead atoms. The van der Waals surface area contributed by atoms with Crippen LogP contribution < -0.4 is 10.9 Å². The number of rotatable bonds is 6. The number of hydrogen-bond donors (Lipinski definition) is 1. The Morgan fingerprint density at radius 3 is 2.21 bits per heavy atom. The highest BCUT2D eigenvalue weighted by Crippen LogP contribution is 2.33. The van der Waals surface area contributed by atoms with Crippen molar-refractivity contribution in [2.75, 3.05) is 0 Å². The Hall–Kier alpha value is -3.71. The number of carbonyl (C=O) groups excluding carboxylic acids is 2. The van der Waals surface area contributed by atoms with E-state index in [4.69, 9.17) is 16.7 Å². The third-order valence-corrected chi connectivity index (χ3v) is 6.55. The summed E-state index contributed by atoms with van der Waals surface area (Å²) in [5.74, 6) is -0.430. The Morgan fingerprint density at radius 1 is 0.949 bits per heavy atom. The summed E-state index contributed by atoms with van der Waals surface area (Å²) in [4.78, 5) is 40.7. The van der Waals surface area contributed by atoms with Gasteiger partial charge in [-0.15, -0.1) is 0 Å². The lowest BCUT2D eigenvalue weighted by Crippen LogP contribution is -2.42. The van der Waals surface area contributed by atoms with Gasteiger partial charge in [0.05, 0.1) is 23.5 Å². The van der Waals surface area contributed by atoms with Crippen molar-refractivity contribution in [3.8, 4) is 11.1 Å². The first-order valence-corrected chi connectivity index (χ1v) is 13.5. The molecule has 0 saturated carbocycles. The number of Topliss-reactive ketones (excluding diaryl/α,β-unsaturated/α-hetero) is 1. The predicted octanol–water partition coefficient (Wildman–Crippen LogP) is 6.44. The maximum absolute atomic E-state index is 13.9. The Kier molecular flexibility index (Phi) is 7.59. The number of fused-ring (bicyclic) bond motifs is 1. The molecule has 0 aliphatic carbocycles. The molecule has 2 aromatic carbocycles. The molecule has 0 saturated heterocycles. The molecule has 7 nitrogen and oxygen atoms in total. The summed E-state index contributed by atoms with van der Waals surface area (Å²) in [5, 5.41) is 9.31. The minimum atomic E-state index is -0.495. The van der Waals surface area contributed by atoms with Crippen molar-refractivity contribution in [3.05, 3.63) is 87.1 Å². The zero-order valence-corrected chi connectivity index (χ0v) is 24.3. The smallest absolute Gasteiger partial charge is 0.269 e. The largest absolute Gasteiger partial charge is 0.346 e. The van der Waals surface area contributed by atoms with Crippen LogP contribution in [0, 0.1) is 0 Å². The van der Waals surface area contributed by atoms with Gasteiger partial charge in [0.15, 0.2) is 5.78 Å². The lowest BCUT2D eigenvalue weighted by atomic mass is 9.94. The van der Waals surface area contributed by atoms with Gasteiger partial charge in [0.1, 0.15) is 5.69 Å². The molecule has 1 amide bonds. The lowest BCUT2D eigenvalue weighted by molar-refractivity contribution is 0.0900. The lowest BCUT2D eigenvalue weighted by Gasteiger charge is -2.25. The molecule has 4 rings (SSSR count). The number of nitrogens with zero attached hydrogens (tertiary/aromatic N) is 3. The first kappa shape index (κ1) is 28.3. The topological polar surface area (TPSA) is 86.0 Å². The van der Waals surface area contributed by atoms with E-state index in [2.05, 4.69) is 5.32 Å². The molecule has 0 aliphatic rings. The number of nitrogens with one attached hydrogen (secondary N) is 1. The van der Waals surface area contributed by atoms with Crippen LogP contribution in [0.5, 0.6) is 0 Å². The van der Waals surface area contributed by atoms with Crippen molar-refractivity contribution >= 4 is 34.1 Å². The van der Waals surface area contributed by atoms with Crippen LogP contribution in [0.4, 0.5) is 0 Å². The SMILES string of the molecule is CCC(=O)c1c(-c2ccccc2)c2cc(Cl)ccc2c(=O)n1Cc1cc(C(=O)NC(C)(C)C)n(C(C)(C)C)n1. The van der Waals surface area contributed by atoms with Crippen LogP contribution in [0.1, 0.15) is 81.6 Å². The normalized spacial score (nSPS) is 12.1. The van der Waals surface area contributed by atoms with Crippen LogP contribution in [0.2, 0.25) is 5.02 Å². The Bertz CT molecular complexity index is 1620. The highest BCUT2D eigenvalue weighted by atomic mass is 35.5. The average molecular weight is 547 g/mol. The zero-order valence-electron chi connectivity index (χ0n) is 23.6. The number of benzene rings is 2. The summed E-state index contributed by atoms with van der Waals surface area (Å²) in [6.45, 7) is 13.4. The highest BCUT2D eigenvalue weighted by Gasteiger charge is 2.28. The number of pyridine rings is 1. The minimum absolute atomic E-state index is 0.0250. The third-order valence-electron chi connectivity index (χ3n) is 6.32. The van der Waals surface area contributed by atoms with Gasteiger partial charge in [0.2, 0.25) is 0 Å². The fourth-order valence-electron chi connectivity index (χ4n) is 4.67. The second-order valence-corrected chi connectivity index (χ2v) is 12.2. The van der Waals surface area contributed by atoms with Crippen LogP contribution in [-0.2, 0) is 12.1 Å². The molecule has 2 aromatic heterocycles. The highest BCUT2D eigenvalue weighted by molar-refractivity contribution is 6.31. The summed E-state index contributed by atoms with van der Waals surface area (Å²) in [6, 6.07) is 16.3. The van der Waals surface area contributed by atoms with E-state index in [1.54, 1.807) is 35.9 Å².